The van der Waals surface area contributed by atoms with E-state index in [0.717, 1.165) is 11.1 Å². The number of benzene rings is 2. The van der Waals surface area contributed by atoms with Crippen molar-refractivity contribution in [2.24, 2.45) is 5.92 Å². The molecule has 2 amide bonds. The maximum Gasteiger partial charge on any atom is 0.246 e. The number of rotatable bonds is 5. The van der Waals surface area contributed by atoms with Crippen LogP contribution in [0.1, 0.15) is 24.0 Å². The Morgan fingerprint density at radius 1 is 1.04 bits per heavy atom. The summed E-state index contributed by atoms with van der Waals surface area (Å²) in [6.07, 6.45) is 4.82. The molecule has 2 aromatic carbocycles. The number of halogens is 1. The molecule has 3 rings (SSSR count). The number of nitrogens with one attached hydrogen (secondary N) is 1. The van der Waals surface area contributed by atoms with Gasteiger partial charge in [0, 0.05) is 36.7 Å². The van der Waals surface area contributed by atoms with Crippen molar-refractivity contribution in [1.29, 1.82) is 0 Å². The standard InChI is InChI=1S/C22H23ClN2O2/c23-20-9-6-18(7-10-20)16-24-22(27)19-12-14-25(15-13-19)21(26)11-8-17-4-2-1-3-5-17/h1-11,19H,12-16H2,(H,24,27)/b11-8+. The summed E-state index contributed by atoms with van der Waals surface area (Å²) in [6, 6.07) is 17.2. The van der Waals surface area contributed by atoms with Gasteiger partial charge < -0.3 is 10.2 Å². The summed E-state index contributed by atoms with van der Waals surface area (Å²) < 4.78 is 0. The molecule has 0 atom stereocenters. The highest BCUT2D eigenvalue weighted by Gasteiger charge is 2.26. The van der Waals surface area contributed by atoms with Crippen molar-refractivity contribution >= 4 is 29.5 Å². The van der Waals surface area contributed by atoms with Crippen LogP contribution in [0.25, 0.3) is 6.08 Å². The number of hydrogen-bond donors (Lipinski definition) is 1. The van der Waals surface area contributed by atoms with Gasteiger partial charge in [-0.2, -0.15) is 0 Å². The summed E-state index contributed by atoms with van der Waals surface area (Å²) in [4.78, 5) is 26.5. The molecule has 0 saturated carbocycles. The lowest BCUT2D eigenvalue weighted by atomic mass is 9.95. The van der Waals surface area contributed by atoms with Gasteiger partial charge in [-0.1, -0.05) is 54.1 Å². The number of carbonyl (C=O) groups excluding carboxylic acids is 2. The Hall–Kier alpha value is -2.59. The number of hydrogen-bond acceptors (Lipinski definition) is 2. The molecule has 0 aliphatic carbocycles. The van der Waals surface area contributed by atoms with Crippen LogP contribution in [0, 0.1) is 5.92 Å². The molecular formula is C22H23ClN2O2. The topological polar surface area (TPSA) is 49.4 Å². The number of piperidine rings is 1. The maximum atomic E-state index is 12.4. The molecule has 1 fully saturated rings. The average molecular weight is 383 g/mol. The van der Waals surface area contributed by atoms with E-state index < -0.39 is 0 Å². The van der Waals surface area contributed by atoms with Crippen molar-refractivity contribution in [1.82, 2.24) is 10.2 Å². The Morgan fingerprint density at radius 3 is 2.37 bits per heavy atom. The second kappa shape index (κ2) is 9.38. The Labute approximate surface area is 164 Å². The third-order valence-electron chi connectivity index (χ3n) is 4.78. The van der Waals surface area contributed by atoms with Crippen LogP contribution in [-0.4, -0.2) is 29.8 Å². The second-order valence-electron chi connectivity index (χ2n) is 6.69. The minimum absolute atomic E-state index is 0.00104. The van der Waals surface area contributed by atoms with E-state index in [0.29, 0.717) is 37.5 Å². The van der Waals surface area contributed by atoms with E-state index in [9.17, 15) is 9.59 Å². The molecule has 5 heteroatoms. The van der Waals surface area contributed by atoms with Gasteiger partial charge in [0.25, 0.3) is 0 Å². The first kappa shape index (κ1) is 19.2. The SMILES string of the molecule is O=C(NCc1ccc(Cl)cc1)C1CCN(C(=O)/C=C/c2ccccc2)CC1. The molecule has 140 valence electrons. The lowest BCUT2D eigenvalue weighted by Crippen LogP contribution is -2.42. The van der Waals surface area contributed by atoms with Crippen LogP contribution >= 0.6 is 11.6 Å². The Bertz CT molecular complexity index is 795. The molecule has 27 heavy (non-hydrogen) atoms. The summed E-state index contributed by atoms with van der Waals surface area (Å²) in [6.45, 7) is 1.71. The first-order valence-electron chi connectivity index (χ1n) is 9.16. The molecule has 4 nitrogen and oxygen atoms in total. The van der Waals surface area contributed by atoms with Gasteiger partial charge in [-0.3, -0.25) is 9.59 Å². The zero-order valence-corrected chi connectivity index (χ0v) is 15.9. The third-order valence-corrected chi connectivity index (χ3v) is 5.03. The molecule has 1 N–H and O–H groups in total. The predicted molar refractivity (Wildman–Crippen MR) is 108 cm³/mol. The van der Waals surface area contributed by atoms with Gasteiger partial charge in [0.2, 0.25) is 11.8 Å². The fourth-order valence-electron chi connectivity index (χ4n) is 3.13. The second-order valence-corrected chi connectivity index (χ2v) is 7.12. The fourth-order valence-corrected chi connectivity index (χ4v) is 3.26. The summed E-state index contributed by atoms with van der Waals surface area (Å²) in [5, 5.41) is 3.66. The first-order valence-corrected chi connectivity index (χ1v) is 9.54. The summed E-state index contributed by atoms with van der Waals surface area (Å²) in [5.74, 6) is 0.00945. The van der Waals surface area contributed by atoms with E-state index in [1.165, 1.54) is 0 Å². The van der Waals surface area contributed by atoms with Gasteiger partial charge in [-0.25, -0.2) is 0 Å². The highest BCUT2D eigenvalue weighted by molar-refractivity contribution is 6.30. The van der Waals surface area contributed by atoms with E-state index in [2.05, 4.69) is 5.32 Å². The van der Waals surface area contributed by atoms with Crippen LogP contribution in [-0.2, 0) is 16.1 Å². The molecule has 0 unspecified atom stereocenters. The Kier molecular flexibility index (Phi) is 6.66. The highest BCUT2D eigenvalue weighted by Crippen LogP contribution is 2.18. The normalized spacial score (nSPS) is 15.1. The van der Waals surface area contributed by atoms with E-state index in [4.69, 9.17) is 11.6 Å². The minimum atomic E-state index is -0.0422. The monoisotopic (exact) mass is 382 g/mol. The Morgan fingerprint density at radius 2 is 1.70 bits per heavy atom. The molecule has 1 saturated heterocycles. The smallest absolute Gasteiger partial charge is 0.246 e. The van der Waals surface area contributed by atoms with Gasteiger partial charge in [-0.15, -0.1) is 0 Å². The lowest BCUT2D eigenvalue weighted by molar-refractivity contribution is -0.132. The predicted octanol–water partition coefficient (Wildman–Crippen LogP) is 3.91. The number of carbonyl (C=O) groups is 2. The number of likely N-dealkylation sites (tertiary alicyclic amines) is 1. The maximum absolute atomic E-state index is 12.4. The zero-order valence-electron chi connectivity index (χ0n) is 15.1. The van der Waals surface area contributed by atoms with Crippen LogP contribution in [0.15, 0.2) is 60.7 Å². The molecule has 1 heterocycles. The van der Waals surface area contributed by atoms with Gasteiger partial charge >= 0.3 is 0 Å². The van der Waals surface area contributed by atoms with Crippen LogP contribution in [0.3, 0.4) is 0 Å². The quantitative estimate of drug-likeness (QED) is 0.797. The van der Waals surface area contributed by atoms with Crippen molar-refractivity contribution in [2.45, 2.75) is 19.4 Å². The van der Waals surface area contributed by atoms with Gasteiger partial charge in [0.1, 0.15) is 0 Å². The van der Waals surface area contributed by atoms with Crippen molar-refractivity contribution in [3.8, 4) is 0 Å². The molecule has 2 aromatic rings. The molecule has 0 aromatic heterocycles. The molecule has 0 bridgehead atoms. The van der Waals surface area contributed by atoms with Crippen molar-refractivity contribution in [3.63, 3.8) is 0 Å². The molecule has 1 aliphatic heterocycles. The molecular weight excluding hydrogens is 360 g/mol. The van der Waals surface area contributed by atoms with Crippen LogP contribution in [0.5, 0.6) is 0 Å². The van der Waals surface area contributed by atoms with Crippen LogP contribution < -0.4 is 5.32 Å². The van der Waals surface area contributed by atoms with Gasteiger partial charge in [0.15, 0.2) is 0 Å². The van der Waals surface area contributed by atoms with Crippen LogP contribution in [0.2, 0.25) is 5.02 Å². The summed E-state index contributed by atoms with van der Waals surface area (Å²) in [7, 11) is 0. The van der Waals surface area contributed by atoms with Crippen molar-refractivity contribution in [2.75, 3.05) is 13.1 Å². The molecule has 0 radical (unpaired) electrons. The van der Waals surface area contributed by atoms with E-state index in [-0.39, 0.29) is 17.7 Å². The zero-order chi connectivity index (χ0) is 19.1. The van der Waals surface area contributed by atoms with Gasteiger partial charge in [-0.05, 0) is 42.2 Å². The summed E-state index contributed by atoms with van der Waals surface area (Å²) in [5.41, 5.74) is 2.02. The summed E-state index contributed by atoms with van der Waals surface area (Å²) >= 11 is 5.87. The molecule has 0 spiro atoms. The number of amides is 2. The first-order chi connectivity index (χ1) is 13.1. The lowest BCUT2D eigenvalue weighted by Gasteiger charge is -2.30. The van der Waals surface area contributed by atoms with Crippen LogP contribution in [0.4, 0.5) is 0 Å². The van der Waals surface area contributed by atoms with E-state index in [1.54, 1.807) is 6.08 Å². The molecule has 1 aliphatic rings. The highest BCUT2D eigenvalue weighted by atomic mass is 35.5. The minimum Gasteiger partial charge on any atom is -0.352 e. The largest absolute Gasteiger partial charge is 0.352 e. The Balaban J connectivity index is 1.43. The van der Waals surface area contributed by atoms with E-state index >= 15 is 0 Å². The fraction of sp³-hybridized carbons (Fsp3) is 0.273. The third kappa shape index (κ3) is 5.69. The number of nitrogens with zero attached hydrogens (tertiary/aromatic N) is 1. The van der Waals surface area contributed by atoms with Crippen molar-refractivity contribution in [3.05, 3.63) is 76.8 Å². The average Bonchev–Trinajstić information content (AvgIpc) is 2.72. The van der Waals surface area contributed by atoms with E-state index in [1.807, 2.05) is 65.6 Å². The van der Waals surface area contributed by atoms with Gasteiger partial charge in [0.05, 0.1) is 0 Å². The van der Waals surface area contributed by atoms with Crippen molar-refractivity contribution < 1.29 is 9.59 Å².